The van der Waals surface area contributed by atoms with Crippen molar-refractivity contribution in [3.63, 3.8) is 0 Å². The lowest BCUT2D eigenvalue weighted by molar-refractivity contribution is 0.144. The predicted octanol–water partition coefficient (Wildman–Crippen LogP) is 2.08. The fourth-order valence-corrected chi connectivity index (χ4v) is 3.33. The van der Waals surface area contributed by atoms with Crippen LogP contribution in [0.5, 0.6) is 0 Å². The second kappa shape index (κ2) is 5.10. The molecule has 2 fully saturated rings. The van der Waals surface area contributed by atoms with Gasteiger partial charge in [-0.1, -0.05) is 0 Å². The van der Waals surface area contributed by atoms with Crippen LogP contribution in [0.4, 0.5) is 4.79 Å². The highest BCUT2D eigenvalue weighted by atomic mass is 32.2. The summed E-state index contributed by atoms with van der Waals surface area (Å²) in [5.74, 6) is 0. The van der Waals surface area contributed by atoms with Gasteiger partial charge in [0, 0.05) is 24.4 Å². The molecule has 1 saturated carbocycles. The van der Waals surface area contributed by atoms with Crippen LogP contribution in [0.3, 0.4) is 0 Å². The zero-order valence-corrected chi connectivity index (χ0v) is 10.2. The van der Waals surface area contributed by atoms with Crippen LogP contribution in [-0.2, 0) is 0 Å². The Hall–Kier alpha value is -0.380. The van der Waals surface area contributed by atoms with E-state index in [-0.39, 0.29) is 6.03 Å². The average molecular weight is 228 g/mol. The molecule has 0 aromatic rings. The van der Waals surface area contributed by atoms with Crippen molar-refractivity contribution in [1.29, 1.82) is 0 Å². The predicted molar refractivity (Wildman–Crippen MR) is 64.3 cm³/mol. The van der Waals surface area contributed by atoms with Crippen molar-refractivity contribution in [1.82, 2.24) is 10.2 Å². The summed E-state index contributed by atoms with van der Waals surface area (Å²) in [6, 6.07) is 0.669. The van der Waals surface area contributed by atoms with E-state index >= 15 is 0 Å². The number of rotatable bonds is 2. The fourth-order valence-electron chi connectivity index (χ4n) is 2.59. The van der Waals surface area contributed by atoms with E-state index in [4.69, 9.17) is 0 Å². The van der Waals surface area contributed by atoms with Gasteiger partial charge in [0.05, 0.1) is 0 Å². The lowest BCUT2D eigenvalue weighted by Crippen LogP contribution is -2.52. The van der Waals surface area contributed by atoms with Crippen LogP contribution in [0.2, 0.25) is 0 Å². The molecule has 0 bridgehead atoms. The minimum Gasteiger partial charge on any atom is -0.338 e. The highest BCUT2D eigenvalue weighted by Crippen LogP contribution is 2.30. The van der Waals surface area contributed by atoms with Crippen LogP contribution in [0.25, 0.3) is 0 Å². The van der Waals surface area contributed by atoms with Gasteiger partial charge in [0.2, 0.25) is 0 Å². The van der Waals surface area contributed by atoms with E-state index in [1.54, 1.807) is 0 Å². The first-order valence-corrected chi connectivity index (χ1v) is 7.17. The third kappa shape index (κ3) is 2.60. The number of hydrogen-bond donors (Lipinski definition) is 1. The highest BCUT2D eigenvalue weighted by Gasteiger charge is 2.29. The third-order valence-electron chi connectivity index (χ3n) is 3.53. The van der Waals surface area contributed by atoms with Gasteiger partial charge in [-0.2, -0.15) is 11.8 Å². The Bertz CT molecular complexity index is 227. The van der Waals surface area contributed by atoms with Crippen LogP contribution in [0.15, 0.2) is 0 Å². The van der Waals surface area contributed by atoms with E-state index < -0.39 is 0 Å². The van der Waals surface area contributed by atoms with Gasteiger partial charge in [-0.15, -0.1) is 0 Å². The van der Waals surface area contributed by atoms with Gasteiger partial charge in [0.15, 0.2) is 0 Å². The standard InChI is InChI=1S/C11H20N2OS/c1-15-10-5-3-9(4-6-10)13-8-2-7-12-11(13)14/h9-10H,2-8H2,1H3,(H,12,14). The van der Waals surface area contributed by atoms with Crippen LogP contribution >= 0.6 is 11.8 Å². The summed E-state index contributed by atoms with van der Waals surface area (Å²) >= 11 is 1.98. The number of carbonyl (C=O) groups excluding carboxylic acids is 1. The maximum absolute atomic E-state index is 11.7. The van der Waals surface area contributed by atoms with E-state index in [0.29, 0.717) is 6.04 Å². The maximum atomic E-state index is 11.7. The first-order valence-electron chi connectivity index (χ1n) is 5.88. The molecule has 15 heavy (non-hydrogen) atoms. The van der Waals surface area contributed by atoms with Crippen molar-refractivity contribution in [2.75, 3.05) is 19.3 Å². The van der Waals surface area contributed by atoms with E-state index in [9.17, 15) is 4.79 Å². The zero-order chi connectivity index (χ0) is 10.7. The summed E-state index contributed by atoms with van der Waals surface area (Å²) in [6.07, 6.45) is 8.23. The fraction of sp³-hybridized carbons (Fsp3) is 0.909. The lowest BCUT2D eigenvalue weighted by Gasteiger charge is -2.38. The van der Waals surface area contributed by atoms with Gasteiger partial charge in [-0.05, 0) is 38.4 Å². The molecular formula is C11H20N2OS. The number of thioether (sulfide) groups is 1. The number of carbonyl (C=O) groups is 1. The lowest BCUT2D eigenvalue weighted by atomic mass is 9.93. The van der Waals surface area contributed by atoms with Crippen LogP contribution in [-0.4, -0.2) is 41.6 Å². The van der Waals surface area contributed by atoms with Crippen LogP contribution in [0.1, 0.15) is 32.1 Å². The Kier molecular flexibility index (Phi) is 3.78. The van der Waals surface area contributed by atoms with Gasteiger partial charge in [0.1, 0.15) is 0 Å². The molecule has 0 spiro atoms. The molecule has 1 N–H and O–H groups in total. The minimum absolute atomic E-state index is 0.161. The molecule has 0 unspecified atom stereocenters. The Morgan fingerprint density at radius 2 is 2.07 bits per heavy atom. The Labute approximate surface area is 96.0 Å². The third-order valence-corrected chi connectivity index (χ3v) is 4.67. The Morgan fingerprint density at radius 3 is 2.67 bits per heavy atom. The molecule has 0 aromatic carbocycles. The monoisotopic (exact) mass is 228 g/mol. The number of nitrogens with zero attached hydrogens (tertiary/aromatic N) is 1. The quantitative estimate of drug-likeness (QED) is 0.785. The second-order valence-electron chi connectivity index (χ2n) is 4.45. The SMILES string of the molecule is CSC1CCC(N2CCCNC2=O)CC1. The molecule has 3 nitrogen and oxygen atoms in total. The molecule has 1 aliphatic heterocycles. The van der Waals surface area contributed by atoms with Crippen molar-refractivity contribution in [2.45, 2.75) is 43.4 Å². The largest absolute Gasteiger partial charge is 0.338 e. The minimum atomic E-state index is 0.161. The van der Waals surface area contributed by atoms with Crippen molar-refractivity contribution >= 4 is 17.8 Å². The zero-order valence-electron chi connectivity index (χ0n) is 9.37. The van der Waals surface area contributed by atoms with Crippen molar-refractivity contribution in [3.8, 4) is 0 Å². The summed E-state index contributed by atoms with van der Waals surface area (Å²) in [7, 11) is 0. The molecule has 0 radical (unpaired) electrons. The number of urea groups is 1. The van der Waals surface area contributed by atoms with Crippen molar-refractivity contribution < 1.29 is 4.79 Å². The van der Waals surface area contributed by atoms with Gasteiger partial charge >= 0.3 is 6.03 Å². The molecule has 1 aliphatic carbocycles. The summed E-state index contributed by atoms with van der Waals surface area (Å²) in [5.41, 5.74) is 0. The topological polar surface area (TPSA) is 32.3 Å². The molecule has 1 saturated heterocycles. The number of nitrogens with one attached hydrogen (secondary N) is 1. The van der Waals surface area contributed by atoms with Crippen LogP contribution in [0, 0.1) is 0 Å². The Morgan fingerprint density at radius 1 is 1.33 bits per heavy atom. The summed E-state index contributed by atoms with van der Waals surface area (Å²) < 4.78 is 0. The summed E-state index contributed by atoms with van der Waals surface area (Å²) in [6.45, 7) is 1.82. The molecule has 2 aliphatic rings. The highest BCUT2D eigenvalue weighted by molar-refractivity contribution is 7.99. The summed E-state index contributed by atoms with van der Waals surface area (Å²) in [5, 5.41) is 3.76. The molecule has 2 amide bonds. The smallest absolute Gasteiger partial charge is 0.317 e. The molecule has 1 heterocycles. The first kappa shape index (κ1) is 11.1. The molecule has 86 valence electrons. The molecule has 2 rings (SSSR count). The molecule has 4 heteroatoms. The van der Waals surface area contributed by atoms with Gasteiger partial charge < -0.3 is 10.2 Å². The van der Waals surface area contributed by atoms with Gasteiger partial charge in [-0.3, -0.25) is 0 Å². The summed E-state index contributed by atoms with van der Waals surface area (Å²) in [4.78, 5) is 13.7. The van der Waals surface area contributed by atoms with Crippen molar-refractivity contribution in [3.05, 3.63) is 0 Å². The van der Waals surface area contributed by atoms with E-state index in [1.165, 1.54) is 25.7 Å². The average Bonchev–Trinajstić information content (AvgIpc) is 2.30. The molecule has 0 aromatic heterocycles. The molecule has 0 atom stereocenters. The van der Waals surface area contributed by atoms with E-state index in [0.717, 1.165) is 24.8 Å². The van der Waals surface area contributed by atoms with Gasteiger partial charge in [-0.25, -0.2) is 4.79 Å². The molecular weight excluding hydrogens is 208 g/mol. The maximum Gasteiger partial charge on any atom is 0.317 e. The van der Waals surface area contributed by atoms with Crippen molar-refractivity contribution in [2.24, 2.45) is 0 Å². The second-order valence-corrected chi connectivity index (χ2v) is 5.58. The normalized spacial score (nSPS) is 32.6. The number of hydrogen-bond acceptors (Lipinski definition) is 2. The van der Waals surface area contributed by atoms with E-state index in [2.05, 4.69) is 16.5 Å². The van der Waals surface area contributed by atoms with Gasteiger partial charge in [0.25, 0.3) is 0 Å². The van der Waals surface area contributed by atoms with Crippen LogP contribution < -0.4 is 5.32 Å². The first-order chi connectivity index (χ1) is 7.31. The Balaban J connectivity index is 1.86. The number of amides is 2. The van der Waals surface area contributed by atoms with E-state index in [1.807, 2.05) is 11.8 Å².